The molecule has 2 unspecified atom stereocenters. The zero-order valence-corrected chi connectivity index (χ0v) is 19.3. The number of sulfonamides is 1. The Bertz CT molecular complexity index is 1180. The number of hydrogen-bond acceptors (Lipinski definition) is 5. The van der Waals surface area contributed by atoms with E-state index in [2.05, 4.69) is 10.6 Å². The molecule has 2 aliphatic rings. The normalized spacial score (nSPS) is 21.3. The Balaban J connectivity index is 1.50. The van der Waals surface area contributed by atoms with Crippen molar-refractivity contribution in [1.82, 2.24) is 4.31 Å². The summed E-state index contributed by atoms with van der Waals surface area (Å²) in [4.78, 5) is 24.8. The van der Waals surface area contributed by atoms with Crippen LogP contribution in [0.3, 0.4) is 0 Å². The Morgan fingerprint density at radius 1 is 1.25 bits per heavy atom. The average Bonchev–Trinajstić information content (AvgIpc) is 2.76. The first-order valence-corrected chi connectivity index (χ1v) is 12.2. The van der Waals surface area contributed by atoms with Gasteiger partial charge in [0.25, 0.3) is 5.91 Å². The SMILES string of the molecule is Cc1cc(Cl)ccc1NC(=O)C1CCCN(S(=O)(=O)c2ccc3c(c2)NC(=O)C(C)O3)C1. The number of benzene rings is 2. The predicted octanol–water partition coefficient (Wildman–Crippen LogP) is 3.41. The second-order valence-corrected chi connectivity index (χ2v) is 10.4. The maximum atomic E-state index is 13.3. The summed E-state index contributed by atoms with van der Waals surface area (Å²) in [5.41, 5.74) is 1.80. The van der Waals surface area contributed by atoms with E-state index in [1.54, 1.807) is 25.1 Å². The number of aryl methyl sites for hydroxylation is 1. The maximum absolute atomic E-state index is 13.3. The van der Waals surface area contributed by atoms with Crippen molar-refractivity contribution >= 4 is 44.8 Å². The van der Waals surface area contributed by atoms with Gasteiger partial charge >= 0.3 is 0 Å². The van der Waals surface area contributed by atoms with E-state index in [9.17, 15) is 18.0 Å². The molecule has 2 aromatic rings. The van der Waals surface area contributed by atoms with E-state index in [-0.39, 0.29) is 23.3 Å². The van der Waals surface area contributed by atoms with Crippen molar-refractivity contribution < 1.29 is 22.7 Å². The molecule has 2 aromatic carbocycles. The van der Waals surface area contributed by atoms with Crippen molar-refractivity contribution in [2.45, 2.75) is 37.7 Å². The summed E-state index contributed by atoms with van der Waals surface area (Å²) in [5.74, 6) is -0.616. The smallest absolute Gasteiger partial charge is 0.265 e. The minimum atomic E-state index is -3.85. The van der Waals surface area contributed by atoms with Crippen molar-refractivity contribution in [2.24, 2.45) is 5.92 Å². The van der Waals surface area contributed by atoms with Crippen molar-refractivity contribution in [3.63, 3.8) is 0 Å². The average molecular weight is 478 g/mol. The van der Waals surface area contributed by atoms with Crippen LogP contribution in [0.15, 0.2) is 41.3 Å². The molecule has 0 aromatic heterocycles. The number of hydrogen-bond donors (Lipinski definition) is 2. The second kappa shape index (κ2) is 8.73. The van der Waals surface area contributed by atoms with Crippen LogP contribution in [-0.4, -0.2) is 43.7 Å². The Morgan fingerprint density at radius 3 is 2.78 bits per heavy atom. The van der Waals surface area contributed by atoms with Crippen molar-refractivity contribution in [1.29, 1.82) is 0 Å². The van der Waals surface area contributed by atoms with Crippen LogP contribution in [0.25, 0.3) is 0 Å². The molecule has 1 saturated heterocycles. The number of carbonyl (C=O) groups is 2. The van der Waals surface area contributed by atoms with Crippen molar-refractivity contribution in [2.75, 3.05) is 23.7 Å². The summed E-state index contributed by atoms with van der Waals surface area (Å²) in [6.45, 7) is 3.87. The zero-order valence-electron chi connectivity index (χ0n) is 17.7. The summed E-state index contributed by atoms with van der Waals surface area (Å²) in [7, 11) is -3.85. The predicted molar refractivity (Wildman–Crippen MR) is 121 cm³/mol. The number of amides is 2. The fourth-order valence-corrected chi connectivity index (χ4v) is 5.65. The summed E-state index contributed by atoms with van der Waals surface area (Å²) < 4.78 is 33.3. The lowest BCUT2D eigenvalue weighted by atomic mass is 9.98. The summed E-state index contributed by atoms with van der Waals surface area (Å²) in [5, 5.41) is 6.13. The molecule has 0 aliphatic carbocycles. The molecular weight excluding hydrogens is 454 g/mol. The van der Waals surface area contributed by atoms with Gasteiger partial charge in [0.1, 0.15) is 5.75 Å². The van der Waals surface area contributed by atoms with Gasteiger partial charge in [-0.15, -0.1) is 0 Å². The van der Waals surface area contributed by atoms with Crippen molar-refractivity contribution in [3.8, 4) is 5.75 Å². The number of nitrogens with zero attached hydrogens (tertiary/aromatic N) is 1. The molecule has 2 N–H and O–H groups in total. The molecule has 4 rings (SSSR count). The van der Waals surface area contributed by atoms with Gasteiger partial charge in [0, 0.05) is 23.8 Å². The first-order valence-electron chi connectivity index (χ1n) is 10.3. The number of halogens is 1. The van der Waals surface area contributed by atoms with Gasteiger partial charge in [0.15, 0.2) is 6.10 Å². The molecular formula is C22H24ClN3O5S. The van der Waals surface area contributed by atoms with Gasteiger partial charge in [-0.05, 0) is 68.7 Å². The summed E-state index contributed by atoms with van der Waals surface area (Å²) >= 11 is 5.97. The number of piperidine rings is 1. The highest BCUT2D eigenvalue weighted by molar-refractivity contribution is 7.89. The fraction of sp³-hybridized carbons (Fsp3) is 0.364. The number of fused-ring (bicyclic) bond motifs is 1. The van der Waals surface area contributed by atoms with Gasteiger partial charge in [-0.1, -0.05) is 11.6 Å². The highest BCUT2D eigenvalue weighted by Gasteiger charge is 2.34. The van der Waals surface area contributed by atoms with Crippen LogP contribution in [0.1, 0.15) is 25.3 Å². The van der Waals surface area contributed by atoms with Crippen molar-refractivity contribution in [3.05, 3.63) is 47.0 Å². The molecule has 2 atom stereocenters. The molecule has 2 amide bonds. The summed E-state index contributed by atoms with van der Waals surface area (Å²) in [6, 6.07) is 9.58. The Hall–Kier alpha value is -2.62. The molecule has 2 heterocycles. The lowest BCUT2D eigenvalue weighted by Crippen LogP contribution is -2.43. The minimum Gasteiger partial charge on any atom is -0.479 e. The van der Waals surface area contributed by atoms with Gasteiger partial charge < -0.3 is 15.4 Å². The molecule has 1 fully saturated rings. The molecule has 170 valence electrons. The van der Waals surface area contributed by atoms with E-state index < -0.39 is 22.0 Å². The van der Waals surface area contributed by atoms with E-state index in [0.717, 1.165) is 5.56 Å². The van der Waals surface area contributed by atoms with Gasteiger partial charge in [-0.2, -0.15) is 4.31 Å². The van der Waals surface area contributed by atoms with Crippen LogP contribution in [0.5, 0.6) is 5.75 Å². The Labute approximate surface area is 191 Å². The molecule has 0 bridgehead atoms. The third kappa shape index (κ3) is 4.46. The first-order chi connectivity index (χ1) is 15.1. The van der Waals surface area contributed by atoms with E-state index in [1.807, 2.05) is 6.92 Å². The molecule has 0 saturated carbocycles. The zero-order chi connectivity index (χ0) is 23.0. The van der Waals surface area contributed by atoms with Gasteiger partial charge in [0.05, 0.1) is 16.5 Å². The minimum absolute atomic E-state index is 0.0457. The molecule has 0 spiro atoms. The van der Waals surface area contributed by atoms with Crippen LogP contribution in [-0.2, 0) is 19.6 Å². The second-order valence-electron chi connectivity index (χ2n) is 8.06. The summed E-state index contributed by atoms with van der Waals surface area (Å²) in [6.07, 6.45) is 0.519. The van der Waals surface area contributed by atoms with Crippen LogP contribution in [0.4, 0.5) is 11.4 Å². The number of nitrogens with one attached hydrogen (secondary N) is 2. The number of rotatable bonds is 4. The van der Waals surface area contributed by atoms with Crippen LogP contribution in [0.2, 0.25) is 5.02 Å². The topological polar surface area (TPSA) is 105 Å². The quantitative estimate of drug-likeness (QED) is 0.702. The first kappa shape index (κ1) is 22.6. The van der Waals surface area contributed by atoms with Gasteiger partial charge in [-0.25, -0.2) is 8.42 Å². The maximum Gasteiger partial charge on any atom is 0.265 e. The lowest BCUT2D eigenvalue weighted by Gasteiger charge is -2.31. The van der Waals surface area contributed by atoms with Crippen LogP contribution in [0, 0.1) is 12.8 Å². The highest BCUT2D eigenvalue weighted by Crippen LogP contribution is 2.34. The van der Waals surface area contributed by atoms with E-state index in [4.69, 9.17) is 16.3 Å². The fourth-order valence-electron chi connectivity index (χ4n) is 3.87. The Kier molecular flexibility index (Phi) is 6.15. The Morgan fingerprint density at radius 2 is 2.03 bits per heavy atom. The van der Waals surface area contributed by atoms with Gasteiger partial charge in [-0.3, -0.25) is 9.59 Å². The van der Waals surface area contributed by atoms with E-state index >= 15 is 0 Å². The largest absolute Gasteiger partial charge is 0.479 e. The van der Waals surface area contributed by atoms with Crippen LogP contribution < -0.4 is 15.4 Å². The third-order valence-corrected chi connectivity index (χ3v) is 7.82. The number of ether oxygens (including phenoxy) is 1. The standard InChI is InChI=1S/C22H24ClN3O5S/c1-13-10-16(23)5-7-18(13)24-22(28)15-4-3-9-26(12-15)32(29,30)17-6-8-20-19(11-17)25-21(27)14(2)31-20/h5-8,10-11,14-15H,3-4,9,12H2,1-2H3,(H,24,28)(H,25,27). The van der Waals surface area contributed by atoms with Gasteiger partial charge in [0.2, 0.25) is 15.9 Å². The molecule has 32 heavy (non-hydrogen) atoms. The van der Waals surface area contributed by atoms with E-state index in [1.165, 1.54) is 22.5 Å². The number of anilines is 2. The monoisotopic (exact) mass is 477 g/mol. The molecule has 2 aliphatic heterocycles. The lowest BCUT2D eigenvalue weighted by molar-refractivity contribution is -0.123. The number of carbonyl (C=O) groups excluding carboxylic acids is 2. The molecule has 10 heteroatoms. The van der Waals surface area contributed by atoms with Crippen LogP contribution >= 0.6 is 11.6 Å². The molecule has 0 radical (unpaired) electrons. The molecule has 8 nitrogen and oxygen atoms in total. The highest BCUT2D eigenvalue weighted by atomic mass is 35.5. The van der Waals surface area contributed by atoms with E-state index in [0.29, 0.717) is 41.5 Å². The third-order valence-electron chi connectivity index (χ3n) is 5.72.